The maximum atomic E-state index is 11.0. The normalized spacial score (nSPS) is 15.6. The molecule has 0 radical (unpaired) electrons. The molecule has 1 aromatic carbocycles. The van der Waals surface area contributed by atoms with E-state index in [-0.39, 0.29) is 5.78 Å². The standard InChI is InChI=1S/C13H16O2/c1-9(7-10(2)14)11-3-4-13-12(8-11)5-6-15-13/h3-4,8-9H,5-7H2,1-2H3. The van der Waals surface area contributed by atoms with Gasteiger partial charge in [-0.05, 0) is 30.0 Å². The van der Waals surface area contributed by atoms with Crippen LogP contribution < -0.4 is 4.74 Å². The molecule has 1 aromatic rings. The van der Waals surface area contributed by atoms with Gasteiger partial charge in [-0.15, -0.1) is 0 Å². The molecule has 1 aliphatic heterocycles. The lowest BCUT2D eigenvalue weighted by molar-refractivity contribution is -0.117. The van der Waals surface area contributed by atoms with Gasteiger partial charge in [-0.1, -0.05) is 19.1 Å². The van der Waals surface area contributed by atoms with E-state index in [9.17, 15) is 4.79 Å². The van der Waals surface area contributed by atoms with Gasteiger partial charge in [0.05, 0.1) is 6.61 Å². The number of benzene rings is 1. The van der Waals surface area contributed by atoms with Crippen LogP contribution in [0.25, 0.3) is 0 Å². The van der Waals surface area contributed by atoms with Gasteiger partial charge in [0, 0.05) is 12.8 Å². The summed E-state index contributed by atoms with van der Waals surface area (Å²) in [4.78, 5) is 11.0. The van der Waals surface area contributed by atoms with Crippen LogP contribution in [-0.2, 0) is 11.2 Å². The van der Waals surface area contributed by atoms with Gasteiger partial charge in [0.25, 0.3) is 0 Å². The van der Waals surface area contributed by atoms with Crippen molar-refractivity contribution in [2.75, 3.05) is 6.61 Å². The van der Waals surface area contributed by atoms with E-state index in [0.717, 1.165) is 18.8 Å². The molecule has 1 heterocycles. The fourth-order valence-corrected chi connectivity index (χ4v) is 2.06. The summed E-state index contributed by atoms with van der Waals surface area (Å²) >= 11 is 0. The minimum atomic E-state index is 0.249. The van der Waals surface area contributed by atoms with Gasteiger partial charge in [-0.2, -0.15) is 0 Å². The van der Waals surface area contributed by atoms with Crippen molar-refractivity contribution in [3.63, 3.8) is 0 Å². The predicted octanol–water partition coefficient (Wildman–Crippen LogP) is 2.70. The van der Waals surface area contributed by atoms with E-state index in [1.165, 1.54) is 11.1 Å². The number of ether oxygens (including phenoxy) is 1. The van der Waals surface area contributed by atoms with E-state index in [1.807, 2.05) is 6.07 Å². The van der Waals surface area contributed by atoms with Crippen LogP contribution >= 0.6 is 0 Å². The van der Waals surface area contributed by atoms with Gasteiger partial charge in [-0.25, -0.2) is 0 Å². The number of carbonyl (C=O) groups is 1. The van der Waals surface area contributed by atoms with Gasteiger partial charge in [0.15, 0.2) is 0 Å². The number of rotatable bonds is 3. The van der Waals surface area contributed by atoms with Crippen LogP contribution in [0.2, 0.25) is 0 Å². The molecule has 1 aliphatic rings. The van der Waals surface area contributed by atoms with E-state index < -0.39 is 0 Å². The zero-order chi connectivity index (χ0) is 10.8. The highest BCUT2D eigenvalue weighted by Gasteiger charge is 2.15. The summed E-state index contributed by atoms with van der Waals surface area (Å²) in [6.45, 7) is 4.53. The van der Waals surface area contributed by atoms with Crippen molar-refractivity contribution < 1.29 is 9.53 Å². The Morgan fingerprint density at radius 2 is 2.33 bits per heavy atom. The molecule has 2 heteroatoms. The molecule has 0 aromatic heterocycles. The fraction of sp³-hybridized carbons (Fsp3) is 0.462. The maximum absolute atomic E-state index is 11.0. The van der Waals surface area contributed by atoms with Gasteiger partial charge in [0.1, 0.15) is 11.5 Å². The van der Waals surface area contributed by atoms with Gasteiger partial charge >= 0.3 is 0 Å². The molecule has 0 aliphatic carbocycles. The predicted molar refractivity (Wildman–Crippen MR) is 59.4 cm³/mol. The lowest BCUT2D eigenvalue weighted by Crippen LogP contribution is -2.00. The SMILES string of the molecule is CC(=O)CC(C)c1ccc2c(c1)CCO2. The summed E-state index contributed by atoms with van der Waals surface area (Å²) in [7, 11) is 0. The average Bonchev–Trinajstić information content (AvgIpc) is 2.62. The van der Waals surface area contributed by atoms with Crippen LogP contribution in [0.4, 0.5) is 0 Å². The molecule has 80 valence electrons. The van der Waals surface area contributed by atoms with Crippen molar-refractivity contribution in [2.24, 2.45) is 0 Å². The maximum Gasteiger partial charge on any atom is 0.130 e. The monoisotopic (exact) mass is 204 g/mol. The Kier molecular flexibility index (Phi) is 2.76. The Morgan fingerprint density at radius 1 is 1.53 bits per heavy atom. The van der Waals surface area contributed by atoms with E-state index in [4.69, 9.17) is 4.74 Å². The molecule has 15 heavy (non-hydrogen) atoms. The first-order valence-electron chi connectivity index (χ1n) is 5.42. The highest BCUT2D eigenvalue weighted by molar-refractivity contribution is 5.76. The number of hydrogen-bond acceptors (Lipinski definition) is 2. The zero-order valence-corrected chi connectivity index (χ0v) is 9.25. The summed E-state index contributed by atoms with van der Waals surface area (Å²) in [6, 6.07) is 6.27. The minimum absolute atomic E-state index is 0.249. The molecule has 0 spiro atoms. The third-order valence-electron chi connectivity index (χ3n) is 2.88. The van der Waals surface area contributed by atoms with Crippen LogP contribution in [0.5, 0.6) is 5.75 Å². The highest BCUT2D eigenvalue weighted by atomic mass is 16.5. The van der Waals surface area contributed by atoms with Crippen molar-refractivity contribution >= 4 is 5.78 Å². The Morgan fingerprint density at radius 3 is 3.07 bits per heavy atom. The molecule has 0 saturated carbocycles. The number of ketones is 1. The molecule has 0 N–H and O–H groups in total. The summed E-state index contributed by atoms with van der Waals surface area (Å²) in [5.74, 6) is 1.57. The van der Waals surface area contributed by atoms with Crippen molar-refractivity contribution in [3.05, 3.63) is 29.3 Å². The van der Waals surface area contributed by atoms with E-state index in [1.54, 1.807) is 6.92 Å². The number of Topliss-reactive ketones (excluding diaryl/α,β-unsaturated/α-hetero) is 1. The Hall–Kier alpha value is -1.31. The molecule has 1 atom stereocenters. The first kappa shape index (κ1) is 10.2. The Bertz CT molecular complexity index is 382. The molecule has 0 bridgehead atoms. The van der Waals surface area contributed by atoms with Gasteiger partial charge in [0.2, 0.25) is 0 Å². The van der Waals surface area contributed by atoms with Crippen LogP contribution in [0, 0.1) is 0 Å². The lowest BCUT2D eigenvalue weighted by Gasteiger charge is -2.10. The molecular formula is C13H16O2. The van der Waals surface area contributed by atoms with Crippen molar-refractivity contribution in [3.8, 4) is 5.75 Å². The van der Waals surface area contributed by atoms with E-state index in [0.29, 0.717) is 12.3 Å². The number of hydrogen-bond donors (Lipinski definition) is 0. The first-order chi connectivity index (χ1) is 7.16. The Balaban J connectivity index is 2.19. The van der Waals surface area contributed by atoms with Crippen LogP contribution in [0.3, 0.4) is 0 Å². The number of fused-ring (bicyclic) bond motifs is 1. The Labute approximate surface area is 90.3 Å². The van der Waals surface area contributed by atoms with Gasteiger partial charge < -0.3 is 9.53 Å². The lowest BCUT2D eigenvalue weighted by atomic mass is 9.94. The topological polar surface area (TPSA) is 26.3 Å². The molecule has 0 amide bonds. The summed E-state index contributed by atoms with van der Waals surface area (Å²) in [5.41, 5.74) is 2.53. The second kappa shape index (κ2) is 4.05. The average molecular weight is 204 g/mol. The molecule has 2 nitrogen and oxygen atoms in total. The highest BCUT2D eigenvalue weighted by Crippen LogP contribution is 2.29. The smallest absolute Gasteiger partial charge is 0.130 e. The summed E-state index contributed by atoms with van der Waals surface area (Å²) in [5, 5.41) is 0. The van der Waals surface area contributed by atoms with Crippen LogP contribution in [0.1, 0.15) is 37.3 Å². The van der Waals surface area contributed by atoms with Crippen molar-refractivity contribution in [1.82, 2.24) is 0 Å². The molecule has 1 unspecified atom stereocenters. The largest absolute Gasteiger partial charge is 0.493 e. The molecule has 0 fully saturated rings. The van der Waals surface area contributed by atoms with Crippen LogP contribution in [0.15, 0.2) is 18.2 Å². The molecule has 0 saturated heterocycles. The zero-order valence-electron chi connectivity index (χ0n) is 9.25. The van der Waals surface area contributed by atoms with Gasteiger partial charge in [-0.3, -0.25) is 0 Å². The molecule has 2 rings (SSSR count). The number of carbonyl (C=O) groups excluding carboxylic acids is 1. The third kappa shape index (κ3) is 2.20. The summed E-state index contributed by atoms with van der Waals surface area (Å²) in [6.07, 6.45) is 1.62. The minimum Gasteiger partial charge on any atom is -0.493 e. The fourth-order valence-electron chi connectivity index (χ4n) is 2.06. The van der Waals surface area contributed by atoms with Crippen molar-refractivity contribution in [2.45, 2.75) is 32.6 Å². The van der Waals surface area contributed by atoms with E-state index in [2.05, 4.69) is 19.1 Å². The quantitative estimate of drug-likeness (QED) is 0.756. The van der Waals surface area contributed by atoms with Crippen molar-refractivity contribution in [1.29, 1.82) is 0 Å². The second-order valence-corrected chi connectivity index (χ2v) is 4.27. The third-order valence-corrected chi connectivity index (χ3v) is 2.88. The first-order valence-corrected chi connectivity index (χ1v) is 5.42. The van der Waals surface area contributed by atoms with E-state index >= 15 is 0 Å². The second-order valence-electron chi connectivity index (χ2n) is 4.27. The molecular weight excluding hydrogens is 188 g/mol. The summed E-state index contributed by atoms with van der Waals surface area (Å²) < 4.78 is 5.45. The van der Waals surface area contributed by atoms with Crippen LogP contribution in [-0.4, -0.2) is 12.4 Å².